The molecule has 0 saturated heterocycles. The van der Waals surface area contributed by atoms with Gasteiger partial charge in [0.2, 0.25) is 0 Å². The van der Waals surface area contributed by atoms with Crippen molar-refractivity contribution >= 4 is 71.7 Å². The number of fused-ring (bicyclic) bond motifs is 8. The summed E-state index contributed by atoms with van der Waals surface area (Å²) in [6.45, 7) is 0. The van der Waals surface area contributed by atoms with Crippen molar-refractivity contribution in [1.82, 2.24) is 0 Å². The summed E-state index contributed by atoms with van der Waals surface area (Å²) in [5, 5.41) is 6.98. The number of furan rings is 2. The van der Waals surface area contributed by atoms with E-state index >= 15 is 0 Å². The molecule has 11 aromatic rings. The zero-order valence-corrected chi connectivity index (χ0v) is 29.8. The molecule has 0 fully saturated rings. The molecule has 3 heteroatoms. The van der Waals surface area contributed by atoms with E-state index in [1.54, 1.807) is 0 Å². The van der Waals surface area contributed by atoms with Crippen LogP contribution in [0.5, 0.6) is 0 Å². The van der Waals surface area contributed by atoms with Crippen molar-refractivity contribution in [3.8, 4) is 33.4 Å². The standard InChI is InChI=1S/C52H33NO2/c1-2-11-35(12-3-1)41-13-4-7-18-47(41)53(40-29-23-36(24-30-40)43-16-10-17-45-44-14-5-8-19-48(44)55-52(43)45)39-27-21-34(22-28-39)37-25-31-42-38(33-37)26-32-50-51(42)46-15-6-9-20-49(46)54-50/h1-33H. The van der Waals surface area contributed by atoms with Gasteiger partial charge in [-0.25, -0.2) is 0 Å². The normalized spacial score (nSPS) is 11.6. The largest absolute Gasteiger partial charge is 0.456 e. The highest BCUT2D eigenvalue weighted by Gasteiger charge is 2.19. The maximum Gasteiger partial charge on any atom is 0.143 e. The molecule has 0 amide bonds. The van der Waals surface area contributed by atoms with E-state index < -0.39 is 0 Å². The minimum atomic E-state index is 0.904. The predicted octanol–water partition coefficient (Wildman–Crippen LogP) is 15.1. The number of hydrogen-bond acceptors (Lipinski definition) is 3. The first kappa shape index (κ1) is 31.2. The molecule has 2 heterocycles. The molecule has 0 N–H and O–H groups in total. The van der Waals surface area contributed by atoms with Crippen LogP contribution in [0.3, 0.4) is 0 Å². The maximum absolute atomic E-state index is 6.41. The summed E-state index contributed by atoms with van der Waals surface area (Å²) in [5.41, 5.74) is 13.8. The van der Waals surface area contributed by atoms with E-state index in [2.05, 4.69) is 181 Å². The number of anilines is 3. The second-order valence-electron chi connectivity index (χ2n) is 14.1. The predicted molar refractivity (Wildman–Crippen MR) is 229 cm³/mol. The van der Waals surface area contributed by atoms with Gasteiger partial charge in [0, 0.05) is 44.0 Å². The van der Waals surface area contributed by atoms with Gasteiger partial charge in [-0.1, -0.05) is 146 Å². The molecule has 0 radical (unpaired) electrons. The molecule has 55 heavy (non-hydrogen) atoms. The molecular formula is C52H33NO2. The van der Waals surface area contributed by atoms with E-state index in [-0.39, 0.29) is 0 Å². The Morgan fingerprint density at radius 3 is 1.73 bits per heavy atom. The van der Waals surface area contributed by atoms with E-state index in [1.807, 2.05) is 24.3 Å². The number of para-hydroxylation sites is 4. The average molecular weight is 704 g/mol. The highest BCUT2D eigenvalue weighted by atomic mass is 16.3. The van der Waals surface area contributed by atoms with E-state index in [0.29, 0.717) is 0 Å². The van der Waals surface area contributed by atoms with Crippen LogP contribution < -0.4 is 4.90 Å². The summed E-state index contributed by atoms with van der Waals surface area (Å²) in [6.07, 6.45) is 0. The second kappa shape index (κ2) is 12.6. The van der Waals surface area contributed by atoms with Gasteiger partial charge in [-0.15, -0.1) is 0 Å². The molecule has 258 valence electrons. The average Bonchev–Trinajstić information content (AvgIpc) is 3.84. The quantitative estimate of drug-likeness (QED) is 0.173. The van der Waals surface area contributed by atoms with Crippen molar-refractivity contribution in [3.63, 3.8) is 0 Å². The number of benzene rings is 9. The molecule has 0 aliphatic carbocycles. The first-order valence-electron chi connectivity index (χ1n) is 18.7. The highest BCUT2D eigenvalue weighted by Crippen LogP contribution is 2.43. The van der Waals surface area contributed by atoms with Crippen LogP contribution in [0.25, 0.3) is 88.0 Å². The lowest BCUT2D eigenvalue weighted by Gasteiger charge is -2.28. The molecule has 0 unspecified atom stereocenters. The van der Waals surface area contributed by atoms with Gasteiger partial charge in [0.1, 0.15) is 22.3 Å². The summed E-state index contributed by atoms with van der Waals surface area (Å²) in [6, 6.07) is 71.0. The Kier molecular flexibility index (Phi) is 7.17. The highest BCUT2D eigenvalue weighted by molar-refractivity contribution is 6.19. The van der Waals surface area contributed by atoms with Gasteiger partial charge < -0.3 is 13.7 Å². The topological polar surface area (TPSA) is 29.5 Å². The summed E-state index contributed by atoms with van der Waals surface area (Å²) in [5.74, 6) is 0. The Morgan fingerprint density at radius 1 is 0.327 bits per heavy atom. The first-order chi connectivity index (χ1) is 27.3. The van der Waals surface area contributed by atoms with E-state index in [9.17, 15) is 0 Å². The van der Waals surface area contributed by atoms with Crippen molar-refractivity contribution in [2.45, 2.75) is 0 Å². The SMILES string of the molecule is c1ccc(-c2ccccc2N(c2ccc(-c3ccc4c(ccc5oc6ccccc6c54)c3)cc2)c2ccc(-c3cccc4c3oc3ccccc34)cc2)cc1. The molecule has 0 bridgehead atoms. The Hall–Kier alpha value is -7.36. The van der Waals surface area contributed by atoms with Gasteiger partial charge in [0.05, 0.1) is 5.69 Å². The number of rotatable bonds is 6. The van der Waals surface area contributed by atoms with Crippen LogP contribution in [0, 0.1) is 0 Å². The third-order valence-electron chi connectivity index (χ3n) is 10.9. The zero-order valence-electron chi connectivity index (χ0n) is 29.8. The molecule has 11 rings (SSSR count). The Bertz CT molecular complexity index is 3190. The number of hydrogen-bond donors (Lipinski definition) is 0. The molecule has 0 atom stereocenters. The Balaban J connectivity index is 1.01. The maximum atomic E-state index is 6.41. The smallest absolute Gasteiger partial charge is 0.143 e. The van der Waals surface area contributed by atoms with E-state index in [4.69, 9.17) is 8.83 Å². The van der Waals surface area contributed by atoms with Crippen molar-refractivity contribution in [2.24, 2.45) is 0 Å². The third kappa shape index (κ3) is 5.20. The van der Waals surface area contributed by atoms with Gasteiger partial charge in [-0.3, -0.25) is 0 Å². The molecular weight excluding hydrogens is 671 g/mol. The van der Waals surface area contributed by atoms with Gasteiger partial charge in [0.15, 0.2) is 0 Å². The van der Waals surface area contributed by atoms with Gasteiger partial charge in [-0.2, -0.15) is 0 Å². The fraction of sp³-hybridized carbons (Fsp3) is 0. The van der Waals surface area contributed by atoms with Crippen molar-refractivity contribution in [1.29, 1.82) is 0 Å². The first-order valence-corrected chi connectivity index (χ1v) is 18.7. The third-order valence-corrected chi connectivity index (χ3v) is 10.9. The van der Waals surface area contributed by atoms with Gasteiger partial charge in [-0.05, 0) is 87.6 Å². The molecule has 0 spiro atoms. The second-order valence-corrected chi connectivity index (χ2v) is 14.1. The lowest BCUT2D eigenvalue weighted by Crippen LogP contribution is -2.11. The Morgan fingerprint density at radius 2 is 0.927 bits per heavy atom. The van der Waals surface area contributed by atoms with Gasteiger partial charge in [0.25, 0.3) is 0 Å². The van der Waals surface area contributed by atoms with Crippen LogP contribution in [-0.2, 0) is 0 Å². The van der Waals surface area contributed by atoms with Crippen LogP contribution in [0.4, 0.5) is 17.1 Å². The van der Waals surface area contributed by atoms with Crippen molar-refractivity contribution in [2.75, 3.05) is 4.90 Å². The summed E-state index contributed by atoms with van der Waals surface area (Å²) >= 11 is 0. The van der Waals surface area contributed by atoms with Crippen LogP contribution in [0.1, 0.15) is 0 Å². The van der Waals surface area contributed by atoms with Crippen molar-refractivity contribution < 1.29 is 8.83 Å². The molecule has 3 nitrogen and oxygen atoms in total. The summed E-state index contributed by atoms with van der Waals surface area (Å²) in [4.78, 5) is 2.36. The van der Waals surface area contributed by atoms with Gasteiger partial charge >= 0.3 is 0 Å². The fourth-order valence-corrected chi connectivity index (χ4v) is 8.26. The molecule has 0 saturated carbocycles. The number of nitrogens with zero attached hydrogens (tertiary/aromatic N) is 1. The lowest BCUT2D eigenvalue weighted by atomic mass is 9.97. The summed E-state index contributed by atoms with van der Waals surface area (Å²) in [7, 11) is 0. The van der Waals surface area contributed by atoms with Crippen LogP contribution in [0.2, 0.25) is 0 Å². The molecule has 0 aliphatic heterocycles. The van der Waals surface area contributed by atoms with Crippen molar-refractivity contribution in [3.05, 3.63) is 200 Å². The van der Waals surface area contributed by atoms with Crippen LogP contribution in [-0.4, -0.2) is 0 Å². The molecule has 9 aromatic carbocycles. The molecule has 2 aromatic heterocycles. The Labute approximate surface area is 317 Å². The zero-order chi connectivity index (χ0) is 36.3. The molecule has 0 aliphatic rings. The lowest BCUT2D eigenvalue weighted by molar-refractivity contribution is 0.669. The monoisotopic (exact) mass is 703 g/mol. The van der Waals surface area contributed by atoms with Crippen LogP contribution in [0.15, 0.2) is 209 Å². The van der Waals surface area contributed by atoms with Crippen LogP contribution >= 0.6 is 0 Å². The minimum absolute atomic E-state index is 0.904. The van der Waals surface area contributed by atoms with E-state index in [0.717, 1.165) is 77.8 Å². The van der Waals surface area contributed by atoms with E-state index in [1.165, 1.54) is 27.3 Å². The minimum Gasteiger partial charge on any atom is -0.456 e. The summed E-state index contributed by atoms with van der Waals surface area (Å²) < 4.78 is 12.6. The fourth-order valence-electron chi connectivity index (χ4n) is 8.26.